The molecule has 0 radical (unpaired) electrons. The fourth-order valence-electron chi connectivity index (χ4n) is 0.410. The minimum absolute atomic E-state index is 0.252. The number of carbonyl (C=O) groups is 1. The molecule has 1 amide bonds. The maximum atomic E-state index is 10.7. The lowest BCUT2D eigenvalue weighted by molar-refractivity contribution is -0.130. The van der Waals surface area contributed by atoms with Crippen LogP contribution in [0, 0.1) is 0 Å². The van der Waals surface area contributed by atoms with E-state index in [1.807, 2.05) is 0 Å². The van der Waals surface area contributed by atoms with Crippen LogP contribution in [0.5, 0.6) is 0 Å². The summed E-state index contributed by atoms with van der Waals surface area (Å²) in [4.78, 5) is 12.1. The standard InChI is InChI=1S/C5H12N2O2/c1-7(2)5(9)4(6)3-8/h4,8H,3,6H2,1-2H3/t4-/m1/s1. The normalized spacial score (nSPS) is 12.9. The van der Waals surface area contributed by atoms with Gasteiger partial charge in [0.1, 0.15) is 6.04 Å². The number of aliphatic hydroxyl groups is 1. The average molecular weight is 132 g/mol. The summed E-state index contributed by atoms with van der Waals surface area (Å²) in [5.74, 6) is -0.252. The van der Waals surface area contributed by atoms with Crippen molar-refractivity contribution in [3.05, 3.63) is 0 Å². The molecule has 0 aliphatic carbocycles. The molecule has 9 heavy (non-hydrogen) atoms. The summed E-state index contributed by atoms with van der Waals surface area (Å²) >= 11 is 0. The zero-order valence-corrected chi connectivity index (χ0v) is 5.66. The SMILES string of the molecule is CN(C)C(=O)[C@H](N)CO. The molecule has 3 N–H and O–H groups in total. The van der Waals surface area contributed by atoms with Gasteiger partial charge in [-0.25, -0.2) is 0 Å². The number of aliphatic hydroxyl groups excluding tert-OH is 1. The third-order valence-corrected chi connectivity index (χ3v) is 0.955. The van der Waals surface area contributed by atoms with E-state index in [-0.39, 0.29) is 12.5 Å². The summed E-state index contributed by atoms with van der Waals surface area (Å²) in [5.41, 5.74) is 5.18. The highest BCUT2D eigenvalue weighted by Crippen LogP contribution is 1.82. The predicted octanol–water partition coefficient (Wildman–Crippen LogP) is -1.61. The van der Waals surface area contributed by atoms with Crippen LogP contribution in [-0.4, -0.2) is 42.7 Å². The molecule has 0 bridgehead atoms. The first kappa shape index (κ1) is 8.39. The van der Waals surface area contributed by atoms with E-state index in [9.17, 15) is 4.79 Å². The van der Waals surface area contributed by atoms with E-state index in [1.165, 1.54) is 4.90 Å². The van der Waals surface area contributed by atoms with Gasteiger partial charge in [0.15, 0.2) is 0 Å². The van der Waals surface area contributed by atoms with Crippen LogP contribution in [0.3, 0.4) is 0 Å². The highest BCUT2D eigenvalue weighted by Gasteiger charge is 2.12. The van der Waals surface area contributed by atoms with Crippen molar-refractivity contribution >= 4 is 5.91 Å². The number of hydrogen-bond donors (Lipinski definition) is 2. The maximum absolute atomic E-state index is 10.7. The summed E-state index contributed by atoms with van der Waals surface area (Å²) in [5, 5.41) is 8.38. The van der Waals surface area contributed by atoms with E-state index in [0.29, 0.717) is 0 Å². The first-order chi connectivity index (χ1) is 4.09. The summed E-state index contributed by atoms with van der Waals surface area (Å²) in [6, 6.07) is -0.764. The van der Waals surface area contributed by atoms with Crippen LogP contribution in [0.1, 0.15) is 0 Å². The largest absolute Gasteiger partial charge is 0.394 e. The van der Waals surface area contributed by atoms with Crippen LogP contribution in [0.4, 0.5) is 0 Å². The fourth-order valence-corrected chi connectivity index (χ4v) is 0.410. The van der Waals surface area contributed by atoms with Gasteiger partial charge in [0.25, 0.3) is 0 Å². The number of carbonyl (C=O) groups excluding carboxylic acids is 1. The second-order valence-electron chi connectivity index (χ2n) is 2.02. The van der Waals surface area contributed by atoms with Crippen LogP contribution in [0.25, 0.3) is 0 Å². The van der Waals surface area contributed by atoms with Crippen molar-refractivity contribution in [2.75, 3.05) is 20.7 Å². The number of hydrogen-bond acceptors (Lipinski definition) is 3. The Bertz CT molecular complexity index is 103. The predicted molar refractivity (Wildman–Crippen MR) is 33.8 cm³/mol. The molecule has 54 valence electrons. The molecular formula is C5H12N2O2. The molecule has 4 heteroatoms. The topological polar surface area (TPSA) is 66.6 Å². The van der Waals surface area contributed by atoms with Crippen molar-refractivity contribution in [1.29, 1.82) is 0 Å². The van der Waals surface area contributed by atoms with Crippen LogP contribution >= 0.6 is 0 Å². The highest BCUT2D eigenvalue weighted by atomic mass is 16.3. The van der Waals surface area contributed by atoms with Gasteiger partial charge in [-0.1, -0.05) is 0 Å². The van der Waals surface area contributed by atoms with Crippen LogP contribution in [-0.2, 0) is 4.79 Å². The Labute approximate surface area is 54.3 Å². The Kier molecular flexibility index (Phi) is 3.19. The van der Waals surface area contributed by atoms with Crippen molar-refractivity contribution in [3.63, 3.8) is 0 Å². The number of nitrogens with two attached hydrogens (primary N) is 1. The lowest BCUT2D eigenvalue weighted by atomic mass is 10.3. The van der Waals surface area contributed by atoms with Gasteiger partial charge in [0.05, 0.1) is 6.61 Å². The molecule has 0 fully saturated rings. The minimum Gasteiger partial charge on any atom is -0.394 e. The lowest BCUT2D eigenvalue weighted by Gasteiger charge is -2.13. The summed E-state index contributed by atoms with van der Waals surface area (Å²) < 4.78 is 0. The maximum Gasteiger partial charge on any atom is 0.241 e. The Hall–Kier alpha value is -0.610. The molecule has 1 atom stereocenters. The van der Waals surface area contributed by atoms with Crippen LogP contribution in [0.2, 0.25) is 0 Å². The Morgan fingerprint density at radius 3 is 2.33 bits per heavy atom. The fraction of sp³-hybridized carbons (Fsp3) is 0.800. The molecule has 0 aliphatic rings. The molecule has 0 saturated heterocycles. The van der Waals surface area contributed by atoms with Crippen molar-refractivity contribution in [1.82, 2.24) is 4.90 Å². The Balaban J connectivity index is 3.73. The van der Waals surface area contributed by atoms with Crippen LogP contribution in [0.15, 0.2) is 0 Å². The molecule has 4 nitrogen and oxygen atoms in total. The van der Waals surface area contributed by atoms with Crippen molar-refractivity contribution in [2.45, 2.75) is 6.04 Å². The van der Waals surface area contributed by atoms with Gasteiger partial charge in [0, 0.05) is 14.1 Å². The number of nitrogens with zero attached hydrogens (tertiary/aromatic N) is 1. The minimum atomic E-state index is -0.764. The Morgan fingerprint density at radius 1 is 1.78 bits per heavy atom. The van der Waals surface area contributed by atoms with Gasteiger partial charge >= 0.3 is 0 Å². The van der Waals surface area contributed by atoms with Gasteiger partial charge in [-0.05, 0) is 0 Å². The number of likely N-dealkylation sites (N-methyl/N-ethyl adjacent to an activating group) is 1. The molecule has 0 spiro atoms. The smallest absolute Gasteiger partial charge is 0.241 e. The molecule has 0 heterocycles. The molecule has 0 aromatic heterocycles. The third-order valence-electron chi connectivity index (χ3n) is 0.955. The van der Waals surface area contributed by atoms with Gasteiger partial charge < -0.3 is 15.7 Å². The molecule has 0 unspecified atom stereocenters. The first-order valence-corrected chi connectivity index (χ1v) is 2.67. The molecule has 0 saturated carbocycles. The van der Waals surface area contributed by atoms with Crippen molar-refractivity contribution in [2.24, 2.45) is 5.73 Å². The third kappa shape index (κ3) is 2.43. The molecular weight excluding hydrogens is 120 g/mol. The monoisotopic (exact) mass is 132 g/mol. The molecule has 0 aliphatic heterocycles. The molecule has 0 aromatic carbocycles. The number of rotatable bonds is 2. The van der Waals surface area contributed by atoms with Gasteiger partial charge in [-0.15, -0.1) is 0 Å². The lowest BCUT2D eigenvalue weighted by Crippen LogP contribution is -2.42. The zero-order valence-electron chi connectivity index (χ0n) is 5.66. The molecule has 0 rings (SSSR count). The van der Waals surface area contributed by atoms with E-state index in [1.54, 1.807) is 14.1 Å². The van der Waals surface area contributed by atoms with E-state index in [4.69, 9.17) is 10.8 Å². The first-order valence-electron chi connectivity index (χ1n) is 2.67. The second kappa shape index (κ2) is 3.42. The number of amides is 1. The quantitative estimate of drug-likeness (QED) is 0.475. The average Bonchev–Trinajstić information content (AvgIpc) is 1.84. The molecule has 0 aromatic rings. The van der Waals surface area contributed by atoms with E-state index in [2.05, 4.69) is 0 Å². The summed E-state index contributed by atoms with van der Waals surface area (Å²) in [6.45, 7) is -0.295. The van der Waals surface area contributed by atoms with Gasteiger partial charge in [-0.3, -0.25) is 4.79 Å². The highest BCUT2D eigenvalue weighted by molar-refractivity contribution is 5.81. The van der Waals surface area contributed by atoms with E-state index in [0.717, 1.165) is 0 Å². The second-order valence-corrected chi connectivity index (χ2v) is 2.02. The van der Waals surface area contributed by atoms with Gasteiger partial charge in [0.2, 0.25) is 5.91 Å². The van der Waals surface area contributed by atoms with Crippen molar-refractivity contribution in [3.8, 4) is 0 Å². The summed E-state index contributed by atoms with van der Waals surface area (Å²) in [6.07, 6.45) is 0. The van der Waals surface area contributed by atoms with Gasteiger partial charge in [-0.2, -0.15) is 0 Å². The Morgan fingerprint density at radius 2 is 2.22 bits per heavy atom. The van der Waals surface area contributed by atoms with Crippen molar-refractivity contribution < 1.29 is 9.90 Å². The summed E-state index contributed by atoms with van der Waals surface area (Å²) in [7, 11) is 3.19. The van der Waals surface area contributed by atoms with Crippen LogP contribution < -0.4 is 5.73 Å². The van der Waals surface area contributed by atoms with E-state index >= 15 is 0 Å². The van der Waals surface area contributed by atoms with E-state index < -0.39 is 6.04 Å². The zero-order chi connectivity index (χ0) is 7.44.